The summed E-state index contributed by atoms with van der Waals surface area (Å²) in [5.41, 5.74) is 2.15. The average molecular weight is 439 g/mol. The second kappa shape index (κ2) is 9.55. The molecule has 2 aromatic heterocycles. The molecule has 2 heterocycles. The van der Waals surface area contributed by atoms with Crippen LogP contribution in [0.3, 0.4) is 0 Å². The predicted octanol–water partition coefficient (Wildman–Crippen LogP) is 5.23. The van der Waals surface area contributed by atoms with E-state index >= 15 is 0 Å². The van der Waals surface area contributed by atoms with Crippen molar-refractivity contribution in [1.29, 1.82) is 0 Å². The molecular weight excluding hydrogens is 420 g/mol. The van der Waals surface area contributed by atoms with Gasteiger partial charge in [0.05, 0.1) is 17.0 Å². The third-order valence-corrected chi connectivity index (χ3v) is 5.82. The highest BCUT2D eigenvalue weighted by molar-refractivity contribution is 7.98. The van der Waals surface area contributed by atoms with Crippen molar-refractivity contribution in [3.05, 3.63) is 82.9 Å². The van der Waals surface area contributed by atoms with Gasteiger partial charge in [0.25, 0.3) is 0 Å². The number of aromatic nitrogens is 3. The Labute approximate surface area is 181 Å². The Balaban J connectivity index is 1.35. The molecule has 0 amide bonds. The number of carbonyl (C=O) groups excluding carboxylic acids is 1. The maximum atomic E-state index is 12.6. The molecule has 0 aliphatic carbocycles. The summed E-state index contributed by atoms with van der Waals surface area (Å²) < 4.78 is 10.6. The van der Waals surface area contributed by atoms with Crippen molar-refractivity contribution in [2.75, 3.05) is 5.32 Å². The van der Waals surface area contributed by atoms with Gasteiger partial charge in [0.1, 0.15) is 6.61 Å². The Morgan fingerprint density at radius 3 is 2.73 bits per heavy atom. The molecule has 7 nitrogen and oxygen atoms in total. The van der Waals surface area contributed by atoms with Gasteiger partial charge in [-0.3, -0.25) is 0 Å². The van der Waals surface area contributed by atoms with Gasteiger partial charge in [-0.2, -0.15) is 4.98 Å². The lowest BCUT2D eigenvalue weighted by Gasteiger charge is -2.08. The van der Waals surface area contributed by atoms with E-state index in [-0.39, 0.29) is 6.61 Å². The molecule has 1 N–H and O–H groups in total. The minimum absolute atomic E-state index is 0.105. The van der Waals surface area contributed by atoms with Crippen molar-refractivity contribution < 1.29 is 14.1 Å². The summed E-state index contributed by atoms with van der Waals surface area (Å²) in [5.74, 6) is 1.18. The SMILES string of the molecule is Cc1noc(CSc2ccccc2C(=O)OCc2csc(Nc3ccccc3)n2)n1. The minimum atomic E-state index is -0.398. The van der Waals surface area contributed by atoms with Crippen LogP contribution >= 0.6 is 23.1 Å². The standard InChI is InChI=1S/C21H18N4O3S2/c1-14-22-19(28-25-14)13-29-18-10-6-5-9-17(18)20(26)27-11-16-12-30-21(24-16)23-15-7-3-2-4-8-15/h2-10,12H,11,13H2,1H3,(H,23,24). The molecule has 0 bridgehead atoms. The molecule has 0 saturated heterocycles. The van der Waals surface area contributed by atoms with Crippen molar-refractivity contribution >= 4 is 39.9 Å². The van der Waals surface area contributed by atoms with Gasteiger partial charge in [-0.1, -0.05) is 35.5 Å². The van der Waals surface area contributed by atoms with Crippen molar-refractivity contribution in [3.63, 3.8) is 0 Å². The Morgan fingerprint density at radius 2 is 1.93 bits per heavy atom. The maximum absolute atomic E-state index is 12.6. The highest BCUT2D eigenvalue weighted by Gasteiger charge is 2.15. The number of ether oxygens (including phenoxy) is 1. The summed E-state index contributed by atoms with van der Waals surface area (Å²) in [6.07, 6.45) is 0. The van der Waals surface area contributed by atoms with E-state index in [4.69, 9.17) is 9.26 Å². The van der Waals surface area contributed by atoms with Crippen molar-refractivity contribution in [2.45, 2.75) is 24.2 Å². The molecule has 4 aromatic rings. The molecule has 0 spiro atoms. The molecule has 152 valence electrons. The fourth-order valence-electron chi connectivity index (χ4n) is 2.59. The highest BCUT2D eigenvalue weighted by atomic mass is 32.2. The predicted molar refractivity (Wildman–Crippen MR) is 116 cm³/mol. The number of benzene rings is 2. The zero-order valence-corrected chi connectivity index (χ0v) is 17.7. The van der Waals surface area contributed by atoms with Crippen LogP contribution in [0.4, 0.5) is 10.8 Å². The van der Waals surface area contributed by atoms with Crippen LogP contribution in [0.1, 0.15) is 27.8 Å². The van der Waals surface area contributed by atoms with E-state index in [1.807, 2.05) is 53.9 Å². The van der Waals surface area contributed by atoms with Crippen LogP contribution in [0.15, 0.2) is 69.4 Å². The first-order valence-corrected chi connectivity index (χ1v) is 11.0. The van der Waals surface area contributed by atoms with Gasteiger partial charge < -0.3 is 14.6 Å². The van der Waals surface area contributed by atoms with Gasteiger partial charge in [0.2, 0.25) is 5.89 Å². The summed E-state index contributed by atoms with van der Waals surface area (Å²) in [7, 11) is 0. The molecule has 0 aliphatic rings. The summed E-state index contributed by atoms with van der Waals surface area (Å²) in [5, 5.41) is 9.63. The number of para-hydroxylation sites is 1. The molecule has 0 atom stereocenters. The van der Waals surface area contributed by atoms with E-state index in [1.165, 1.54) is 23.1 Å². The number of nitrogens with one attached hydrogen (secondary N) is 1. The Kier molecular flexibility index (Phi) is 6.41. The largest absolute Gasteiger partial charge is 0.456 e. The highest BCUT2D eigenvalue weighted by Crippen LogP contribution is 2.27. The Bertz CT molecular complexity index is 1130. The molecule has 0 fully saturated rings. The second-order valence-corrected chi connectivity index (χ2v) is 8.11. The zero-order valence-electron chi connectivity index (χ0n) is 16.1. The first kappa shape index (κ1) is 20.1. The summed E-state index contributed by atoms with van der Waals surface area (Å²) >= 11 is 2.91. The van der Waals surface area contributed by atoms with Gasteiger partial charge in [-0.05, 0) is 31.2 Å². The minimum Gasteiger partial charge on any atom is -0.456 e. The lowest BCUT2D eigenvalue weighted by Crippen LogP contribution is -2.07. The number of hydrogen-bond acceptors (Lipinski definition) is 9. The number of esters is 1. The van der Waals surface area contributed by atoms with E-state index in [0.29, 0.717) is 28.7 Å². The van der Waals surface area contributed by atoms with E-state index in [2.05, 4.69) is 20.4 Å². The van der Waals surface area contributed by atoms with Crippen molar-refractivity contribution in [3.8, 4) is 0 Å². The number of hydrogen-bond donors (Lipinski definition) is 1. The fourth-order valence-corrected chi connectivity index (χ4v) is 4.19. The molecule has 0 radical (unpaired) electrons. The first-order chi connectivity index (χ1) is 14.7. The van der Waals surface area contributed by atoms with Crippen LogP contribution in [0.2, 0.25) is 0 Å². The monoisotopic (exact) mass is 438 g/mol. The molecule has 30 heavy (non-hydrogen) atoms. The topological polar surface area (TPSA) is 90.1 Å². The number of aryl methyl sites for hydroxylation is 1. The first-order valence-electron chi connectivity index (χ1n) is 9.12. The molecule has 9 heteroatoms. The number of rotatable bonds is 8. The summed E-state index contributed by atoms with van der Waals surface area (Å²) in [4.78, 5) is 22.1. The second-order valence-electron chi connectivity index (χ2n) is 6.23. The zero-order chi connectivity index (χ0) is 20.8. The average Bonchev–Trinajstić information content (AvgIpc) is 3.40. The number of thiazole rings is 1. The van der Waals surface area contributed by atoms with Crippen molar-refractivity contribution in [1.82, 2.24) is 15.1 Å². The number of thioether (sulfide) groups is 1. The van der Waals surface area contributed by atoms with E-state index in [9.17, 15) is 4.79 Å². The van der Waals surface area contributed by atoms with E-state index in [1.54, 1.807) is 13.0 Å². The van der Waals surface area contributed by atoms with E-state index in [0.717, 1.165) is 15.7 Å². The van der Waals surface area contributed by atoms with Crippen LogP contribution in [-0.4, -0.2) is 21.1 Å². The molecule has 0 saturated carbocycles. The number of carbonyl (C=O) groups is 1. The molecule has 0 unspecified atom stereocenters. The Hall–Kier alpha value is -3.17. The molecule has 2 aromatic carbocycles. The normalized spacial score (nSPS) is 10.7. The van der Waals surface area contributed by atoms with E-state index < -0.39 is 5.97 Å². The smallest absolute Gasteiger partial charge is 0.339 e. The molecule has 4 rings (SSSR count). The number of nitrogens with zero attached hydrogens (tertiary/aromatic N) is 3. The number of anilines is 2. The van der Waals surface area contributed by atoms with Crippen LogP contribution in [0.25, 0.3) is 0 Å². The fraction of sp³-hybridized carbons (Fsp3) is 0.143. The maximum Gasteiger partial charge on any atom is 0.339 e. The van der Waals surface area contributed by atoms with Crippen molar-refractivity contribution in [2.24, 2.45) is 0 Å². The lowest BCUT2D eigenvalue weighted by molar-refractivity contribution is 0.0464. The van der Waals surface area contributed by atoms with Crippen LogP contribution in [-0.2, 0) is 17.1 Å². The van der Waals surface area contributed by atoms with Gasteiger partial charge in [-0.15, -0.1) is 23.1 Å². The summed E-state index contributed by atoms with van der Waals surface area (Å²) in [6, 6.07) is 17.1. The van der Waals surface area contributed by atoms with Gasteiger partial charge in [0.15, 0.2) is 11.0 Å². The molecular formula is C21H18N4O3S2. The third-order valence-electron chi connectivity index (χ3n) is 3.96. The van der Waals surface area contributed by atoms with Gasteiger partial charge in [0, 0.05) is 16.0 Å². The third kappa shape index (κ3) is 5.25. The summed E-state index contributed by atoms with van der Waals surface area (Å²) in [6.45, 7) is 1.87. The van der Waals surface area contributed by atoms with Gasteiger partial charge in [-0.25, -0.2) is 9.78 Å². The Morgan fingerprint density at radius 1 is 1.13 bits per heavy atom. The van der Waals surface area contributed by atoms with Gasteiger partial charge >= 0.3 is 5.97 Å². The van der Waals surface area contributed by atoms with Crippen LogP contribution in [0.5, 0.6) is 0 Å². The quantitative estimate of drug-likeness (QED) is 0.295. The lowest BCUT2D eigenvalue weighted by atomic mass is 10.2. The molecule has 0 aliphatic heterocycles. The van der Waals surface area contributed by atoms with Crippen LogP contribution in [0, 0.1) is 6.92 Å². The van der Waals surface area contributed by atoms with Crippen LogP contribution < -0.4 is 5.32 Å².